The largest absolute Gasteiger partial charge is 0.303 e. The van der Waals surface area contributed by atoms with Crippen LogP contribution in [0.4, 0.5) is 0 Å². The minimum absolute atomic E-state index is 0.817. The highest BCUT2D eigenvalue weighted by Crippen LogP contribution is 2.27. The lowest BCUT2D eigenvalue weighted by Gasteiger charge is -2.49. The van der Waals surface area contributed by atoms with Gasteiger partial charge in [0.1, 0.15) is 0 Å². The second-order valence-electron chi connectivity index (χ2n) is 4.53. The van der Waals surface area contributed by atoms with Crippen molar-refractivity contribution < 1.29 is 0 Å². The normalized spacial score (nSPS) is 36.5. The zero-order valence-electron chi connectivity index (χ0n) is 8.87. The molecule has 2 unspecified atom stereocenters. The van der Waals surface area contributed by atoms with Gasteiger partial charge in [0.25, 0.3) is 0 Å². The summed E-state index contributed by atoms with van der Waals surface area (Å²) < 4.78 is 0. The molecular weight excluding hydrogens is 160 g/mol. The smallest absolute Gasteiger partial charge is 0.0229 e. The second kappa shape index (κ2) is 3.97. The standard InChI is InChI=1S/C11H21N2/c1-3-7-13-10-5-4-6-11(13)9-12(2)8-10/h4,10-11H,3,5-9H2,1-2H3. The Labute approximate surface area is 81.9 Å². The number of nitrogens with zero attached hydrogens (tertiary/aromatic N) is 2. The number of hydrogen-bond acceptors (Lipinski definition) is 2. The minimum Gasteiger partial charge on any atom is -0.303 e. The summed E-state index contributed by atoms with van der Waals surface area (Å²) in [5, 5.41) is 0. The Morgan fingerprint density at radius 3 is 2.38 bits per heavy atom. The van der Waals surface area contributed by atoms with Crippen LogP contribution in [0.25, 0.3) is 0 Å². The molecule has 2 bridgehead atoms. The fourth-order valence-electron chi connectivity index (χ4n) is 2.83. The van der Waals surface area contributed by atoms with Crippen LogP contribution in [-0.2, 0) is 0 Å². The third kappa shape index (κ3) is 1.89. The summed E-state index contributed by atoms with van der Waals surface area (Å²) in [7, 11) is 2.26. The molecule has 2 nitrogen and oxygen atoms in total. The molecule has 0 aromatic heterocycles. The highest BCUT2D eigenvalue weighted by Gasteiger charge is 2.35. The number of rotatable bonds is 2. The van der Waals surface area contributed by atoms with Crippen LogP contribution in [0.3, 0.4) is 0 Å². The molecule has 0 aliphatic carbocycles. The molecule has 2 heteroatoms. The van der Waals surface area contributed by atoms with Crippen LogP contribution in [0.15, 0.2) is 0 Å². The fraction of sp³-hybridized carbons (Fsp3) is 0.909. The van der Waals surface area contributed by atoms with Gasteiger partial charge in [-0.05, 0) is 39.3 Å². The van der Waals surface area contributed by atoms with Gasteiger partial charge in [-0.3, -0.25) is 4.90 Å². The zero-order chi connectivity index (χ0) is 9.26. The average molecular weight is 181 g/mol. The van der Waals surface area contributed by atoms with E-state index < -0.39 is 0 Å². The summed E-state index contributed by atoms with van der Waals surface area (Å²) in [5.74, 6) is 0. The summed E-state index contributed by atoms with van der Waals surface area (Å²) >= 11 is 0. The highest BCUT2D eigenvalue weighted by atomic mass is 15.3. The van der Waals surface area contributed by atoms with Crippen LogP contribution >= 0.6 is 0 Å². The number of likely N-dealkylation sites (N-methyl/N-ethyl adjacent to an activating group) is 1. The van der Waals surface area contributed by atoms with Gasteiger partial charge in [0.15, 0.2) is 0 Å². The van der Waals surface area contributed by atoms with Crippen LogP contribution in [-0.4, -0.2) is 48.6 Å². The summed E-state index contributed by atoms with van der Waals surface area (Å²) in [5.41, 5.74) is 0. The van der Waals surface area contributed by atoms with Crippen LogP contribution < -0.4 is 0 Å². The maximum absolute atomic E-state index is 2.74. The summed E-state index contributed by atoms with van der Waals surface area (Å²) in [6.45, 7) is 6.13. The third-order valence-electron chi connectivity index (χ3n) is 3.34. The van der Waals surface area contributed by atoms with Crippen molar-refractivity contribution in [2.75, 3.05) is 26.7 Å². The van der Waals surface area contributed by atoms with Crippen molar-refractivity contribution in [3.8, 4) is 0 Å². The minimum atomic E-state index is 0.817. The molecule has 2 atom stereocenters. The summed E-state index contributed by atoms with van der Waals surface area (Å²) in [6, 6.07) is 1.63. The Kier molecular flexibility index (Phi) is 2.89. The monoisotopic (exact) mass is 181 g/mol. The van der Waals surface area contributed by atoms with Crippen molar-refractivity contribution in [1.82, 2.24) is 9.80 Å². The van der Waals surface area contributed by atoms with Gasteiger partial charge >= 0.3 is 0 Å². The number of hydrogen-bond donors (Lipinski definition) is 0. The van der Waals surface area contributed by atoms with E-state index in [1.54, 1.807) is 0 Å². The van der Waals surface area contributed by atoms with Gasteiger partial charge in [0.2, 0.25) is 0 Å². The van der Waals surface area contributed by atoms with Crippen molar-refractivity contribution >= 4 is 0 Å². The molecule has 0 N–H and O–H groups in total. The molecule has 75 valence electrons. The number of fused-ring (bicyclic) bond motifs is 2. The first-order valence-electron chi connectivity index (χ1n) is 5.57. The third-order valence-corrected chi connectivity index (χ3v) is 3.34. The lowest BCUT2D eigenvalue weighted by Crippen LogP contribution is -2.59. The van der Waals surface area contributed by atoms with E-state index in [-0.39, 0.29) is 0 Å². The summed E-state index contributed by atoms with van der Waals surface area (Å²) in [6.07, 6.45) is 6.41. The zero-order valence-corrected chi connectivity index (χ0v) is 8.87. The van der Waals surface area contributed by atoms with Gasteiger partial charge in [-0.1, -0.05) is 6.92 Å². The molecular formula is C11H21N2. The Hall–Kier alpha value is -0.0800. The first kappa shape index (κ1) is 9.47. The van der Waals surface area contributed by atoms with Crippen molar-refractivity contribution in [3.05, 3.63) is 6.42 Å². The van der Waals surface area contributed by atoms with E-state index in [0.717, 1.165) is 12.1 Å². The Bertz CT molecular complexity index is 155. The Morgan fingerprint density at radius 2 is 1.85 bits per heavy atom. The molecule has 0 spiro atoms. The van der Waals surface area contributed by atoms with Gasteiger partial charge in [0, 0.05) is 25.2 Å². The van der Waals surface area contributed by atoms with Crippen molar-refractivity contribution in [3.63, 3.8) is 0 Å². The van der Waals surface area contributed by atoms with E-state index in [4.69, 9.17) is 0 Å². The average Bonchev–Trinajstić information content (AvgIpc) is 2.07. The van der Waals surface area contributed by atoms with E-state index in [0.29, 0.717) is 0 Å². The van der Waals surface area contributed by atoms with Crippen LogP contribution in [0, 0.1) is 6.42 Å². The fourth-order valence-corrected chi connectivity index (χ4v) is 2.83. The highest BCUT2D eigenvalue weighted by molar-refractivity contribution is 4.97. The molecule has 2 aliphatic rings. The Morgan fingerprint density at radius 1 is 1.23 bits per heavy atom. The van der Waals surface area contributed by atoms with E-state index in [1.807, 2.05) is 0 Å². The maximum atomic E-state index is 2.74. The van der Waals surface area contributed by atoms with Gasteiger partial charge in [-0.15, -0.1) is 0 Å². The first-order chi connectivity index (χ1) is 6.31. The maximum Gasteiger partial charge on any atom is 0.0229 e. The number of likely N-dealkylation sites (tertiary alicyclic amines) is 1. The lowest BCUT2D eigenvalue weighted by molar-refractivity contribution is 0.0167. The van der Waals surface area contributed by atoms with Crippen molar-refractivity contribution in [2.24, 2.45) is 0 Å². The predicted molar refractivity (Wildman–Crippen MR) is 55.6 cm³/mol. The molecule has 2 heterocycles. The second-order valence-corrected chi connectivity index (χ2v) is 4.53. The number of piperidine rings is 1. The van der Waals surface area contributed by atoms with E-state index >= 15 is 0 Å². The predicted octanol–water partition coefficient (Wildman–Crippen LogP) is 1.38. The molecule has 2 saturated heterocycles. The van der Waals surface area contributed by atoms with Gasteiger partial charge in [0.05, 0.1) is 0 Å². The van der Waals surface area contributed by atoms with E-state index in [9.17, 15) is 0 Å². The summed E-state index contributed by atoms with van der Waals surface area (Å²) in [4.78, 5) is 5.23. The van der Waals surface area contributed by atoms with Crippen molar-refractivity contribution in [2.45, 2.75) is 38.3 Å². The SMILES string of the molecule is CCCN1C2C[CH]CC1CN(C)C2. The molecule has 2 fully saturated rings. The van der Waals surface area contributed by atoms with Gasteiger partial charge < -0.3 is 4.90 Å². The molecule has 1 radical (unpaired) electrons. The van der Waals surface area contributed by atoms with Crippen LogP contribution in [0.2, 0.25) is 0 Å². The molecule has 0 saturated carbocycles. The molecule has 2 rings (SSSR count). The molecule has 2 aliphatic heterocycles. The molecule has 0 amide bonds. The van der Waals surface area contributed by atoms with Crippen LogP contribution in [0.1, 0.15) is 26.2 Å². The van der Waals surface area contributed by atoms with E-state index in [2.05, 4.69) is 30.2 Å². The van der Waals surface area contributed by atoms with Crippen molar-refractivity contribution in [1.29, 1.82) is 0 Å². The molecule has 0 aromatic rings. The molecule has 0 aromatic carbocycles. The first-order valence-corrected chi connectivity index (χ1v) is 5.57. The quantitative estimate of drug-likeness (QED) is 0.635. The topological polar surface area (TPSA) is 6.48 Å². The Balaban J connectivity index is 2.01. The van der Waals surface area contributed by atoms with Gasteiger partial charge in [-0.25, -0.2) is 0 Å². The molecule has 13 heavy (non-hydrogen) atoms. The van der Waals surface area contributed by atoms with E-state index in [1.165, 1.54) is 38.9 Å². The van der Waals surface area contributed by atoms with Crippen LogP contribution in [0.5, 0.6) is 0 Å². The van der Waals surface area contributed by atoms with Gasteiger partial charge in [-0.2, -0.15) is 0 Å². The number of piperazine rings is 1. The lowest BCUT2D eigenvalue weighted by atomic mass is 9.91.